The van der Waals surface area contributed by atoms with Crippen molar-refractivity contribution in [3.63, 3.8) is 0 Å². The topological polar surface area (TPSA) is 80.5 Å². The van der Waals surface area contributed by atoms with Crippen molar-refractivity contribution in [1.29, 1.82) is 0 Å². The Kier molecular flexibility index (Phi) is 4.39. The number of nitrogens with zero attached hydrogens (tertiary/aromatic N) is 3. The summed E-state index contributed by atoms with van der Waals surface area (Å²) in [5.41, 5.74) is 0.953. The molecule has 1 saturated heterocycles. The van der Waals surface area contributed by atoms with E-state index >= 15 is 0 Å². The number of morpholine rings is 1. The van der Waals surface area contributed by atoms with E-state index in [0.717, 1.165) is 28.7 Å². The lowest BCUT2D eigenvalue weighted by Gasteiger charge is -2.25. The standard InChI is InChI=1S/C14H18N4O3S/c1-9-12(22-10(2)16-9)8-15-14(19)11-7-13(17-21-11)18-3-5-20-6-4-18/h7H,3-6,8H2,1-2H3,(H,15,19). The molecule has 1 amide bonds. The predicted molar refractivity (Wildman–Crippen MR) is 82.3 cm³/mol. The third-order valence-electron chi connectivity index (χ3n) is 3.47. The van der Waals surface area contributed by atoms with E-state index in [1.165, 1.54) is 0 Å². The molecule has 0 radical (unpaired) electrons. The normalized spacial score (nSPS) is 15.1. The smallest absolute Gasteiger partial charge is 0.290 e. The van der Waals surface area contributed by atoms with Crippen LogP contribution in [0.5, 0.6) is 0 Å². The highest BCUT2D eigenvalue weighted by atomic mass is 32.1. The van der Waals surface area contributed by atoms with Crippen LogP contribution in [-0.4, -0.2) is 42.4 Å². The Bertz CT molecular complexity index is 661. The number of rotatable bonds is 4. The molecule has 0 unspecified atom stereocenters. The monoisotopic (exact) mass is 322 g/mol. The van der Waals surface area contributed by atoms with Crippen molar-refractivity contribution in [2.75, 3.05) is 31.2 Å². The average molecular weight is 322 g/mol. The van der Waals surface area contributed by atoms with Crippen molar-refractivity contribution >= 4 is 23.1 Å². The Balaban J connectivity index is 1.60. The maximum Gasteiger partial charge on any atom is 0.290 e. The van der Waals surface area contributed by atoms with Gasteiger partial charge in [0.2, 0.25) is 5.76 Å². The zero-order valence-electron chi connectivity index (χ0n) is 12.6. The van der Waals surface area contributed by atoms with Gasteiger partial charge >= 0.3 is 0 Å². The van der Waals surface area contributed by atoms with Crippen LogP contribution in [0.1, 0.15) is 26.1 Å². The maximum atomic E-state index is 12.1. The van der Waals surface area contributed by atoms with E-state index < -0.39 is 0 Å². The lowest BCUT2D eigenvalue weighted by molar-refractivity contribution is 0.0914. The van der Waals surface area contributed by atoms with Gasteiger partial charge in [-0.25, -0.2) is 4.98 Å². The fraction of sp³-hybridized carbons (Fsp3) is 0.500. The highest BCUT2D eigenvalue weighted by molar-refractivity contribution is 7.11. The zero-order valence-corrected chi connectivity index (χ0v) is 13.4. The molecule has 7 nitrogen and oxygen atoms in total. The SMILES string of the molecule is Cc1nc(C)c(CNC(=O)c2cc(N3CCOCC3)no2)s1. The number of amides is 1. The first kappa shape index (κ1) is 15.0. The molecule has 118 valence electrons. The van der Waals surface area contributed by atoms with E-state index in [1.807, 2.05) is 18.7 Å². The molecular formula is C14H18N4O3S. The minimum atomic E-state index is -0.266. The fourth-order valence-corrected chi connectivity index (χ4v) is 3.18. The van der Waals surface area contributed by atoms with Gasteiger partial charge in [-0.05, 0) is 13.8 Å². The predicted octanol–water partition coefficient (Wildman–Crippen LogP) is 1.51. The Hall–Kier alpha value is -1.93. The van der Waals surface area contributed by atoms with Crippen LogP contribution >= 0.6 is 11.3 Å². The molecule has 3 rings (SSSR count). The Morgan fingerprint density at radius 3 is 2.86 bits per heavy atom. The summed E-state index contributed by atoms with van der Waals surface area (Å²) in [6, 6.07) is 1.67. The van der Waals surface area contributed by atoms with Gasteiger partial charge in [0.05, 0.1) is 30.5 Å². The third-order valence-corrected chi connectivity index (χ3v) is 4.54. The highest BCUT2D eigenvalue weighted by Gasteiger charge is 2.19. The van der Waals surface area contributed by atoms with Crippen molar-refractivity contribution in [2.24, 2.45) is 0 Å². The number of ether oxygens (including phenoxy) is 1. The number of hydrogen-bond donors (Lipinski definition) is 1. The number of carbonyl (C=O) groups excluding carboxylic acids is 1. The molecule has 8 heteroatoms. The number of anilines is 1. The number of aromatic nitrogens is 2. The molecule has 2 aromatic rings. The summed E-state index contributed by atoms with van der Waals surface area (Å²) in [6.07, 6.45) is 0. The molecule has 2 aromatic heterocycles. The molecule has 1 N–H and O–H groups in total. The first-order valence-corrected chi connectivity index (χ1v) is 7.95. The van der Waals surface area contributed by atoms with Crippen LogP contribution in [0.25, 0.3) is 0 Å². The van der Waals surface area contributed by atoms with E-state index in [4.69, 9.17) is 9.26 Å². The van der Waals surface area contributed by atoms with Crippen LogP contribution in [0.3, 0.4) is 0 Å². The van der Waals surface area contributed by atoms with Crippen LogP contribution in [-0.2, 0) is 11.3 Å². The van der Waals surface area contributed by atoms with Gasteiger partial charge in [-0.15, -0.1) is 11.3 Å². The fourth-order valence-electron chi connectivity index (χ4n) is 2.30. The van der Waals surface area contributed by atoms with E-state index in [0.29, 0.717) is 25.6 Å². The number of carbonyl (C=O) groups is 1. The first-order chi connectivity index (χ1) is 10.6. The van der Waals surface area contributed by atoms with Crippen LogP contribution in [0.15, 0.2) is 10.6 Å². The molecule has 22 heavy (non-hydrogen) atoms. The van der Waals surface area contributed by atoms with Crippen LogP contribution < -0.4 is 10.2 Å². The zero-order chi connectivity index (χ0) is 15.5. The average Bonchev–Trinajstić information content (AvgIpc) is 3.12. The largest absolute Gasteiger partial charge is 0.378 e. The van der Waals surface area contributed by atoms with Crippen LogP contribution in [0, 0.1) is 13.8 Å². The highest BCUT2D eigenvalue weighted by Crippen LogP contribution is 2.18. The van der Waals surface area contributed by atoms with Gasteiger partial charge in [-0.3, -0.25) is 4.79 Å². The van der Waals surface area contributed by atoms with Crippen molar-refractivity contribution in [3.05, 3.63) is 27.4 Å². The lowest BCUT2D eigenvalue weighted by atomic mass is 10.3. The molecule has 3 heterocycles. The quantitative estimate of drug-likeness (QED) is 0.919. The molecule has 0 saturated carbocycles. The van der Waals surface area contributed by atoms with Crippen LogP contribution in [0.2, 0.25) is 0 Å². The summed E-state index contributed by atoms with van der Waals surface area (Å²) < 4.78 is 10.4. The number of thiazole rings is 1. The van der Waals surface area contributed by atoms with E-state index in [1.54, 1.807) is 17.4 Å². The van der Waals surface area contributed by atoms with Crippen molar-refractivity contribution < 1.29 is 14.1 Å². The number of nitrogens with one attached hydrogen (secondary N) is 1. The van der Waals surface area contributed by atoms with Gasteiger partial charge in [0.25, 0.3) is 5.91 Å². The third kappa shape index (κ3) is 3.28. The molecule has 0 bridgehead atoms. The molecule has 0 aliphatic carbocycles. The Morgan fingerprint density at radius 2 is 2.18 bits per heavy atom. The molecule has 0 atom stereocenters. The second-order valence-electron chi connectivity index (χ2n) is 5.07. The van der Waals surface area contributed by atoms with Gasteiger partial charge in [0.1, 0.15) is 0 Å². The minimum Gasteiger partial charge on any atom is -0.378 e. The lowest BCUT2D eigenvalue weighted by Crippen LogP contribution is -2.36. The summed E-state index contributed by atoms with van der Waals surface area (Å²) in [5, 5.41) is 7.80. The second-order valence-corrected chi connectivity index (χ2v) is 6.36. The van der Waals surface area contributed by atoms with E-state index in [-0.39, 0.29) is 11.7 Å². The van der Waals surface area contributed by atoms with Gasteiger partial charge in [0.15, 0.2) is 5.82 Å². The molecule has 1 aliphatic rings. The first-order valence-electron chi connectivity index (χ1n) is 7.14. The summed E-state index contributed by atoms with van der Waals surface area (Å²) in [6.45, 7) is 7.18. The Labute approximate surface area is 132 Å². The maximum absolute atomic E-state index is 12.1. The molecular weight excluding hydrogens is 304 g/mol. The summed E-state index contributed by atoms with van der Waals surface area (Å²) >= 11 is 1.59. The molecule has 0 aromatic carbocycles. The minimum absolute atomic E-state index is 0.223. The van der Waals surface area contributed by atoms with Crippen LogP contribution in [0.4, 0.5) is 5.82 Å². The van der Waals surface area contributed by atoms with Gasteiger partial charge in [-0.2, -0.15) is 0 Å². The van der Waals surface area contributed by atoms with Gasteiger partial charge in [0, 0.05) is 24.0 Å². The summed E-state index contributed by atoms with van der Waals surface area (Å²) in [4.78, 5) is 19.6. The second kappa shape index (κ2) is 6.45. The molecule has 1 fully saturated rings. The Morgan fingerprint density at radius 1 is 1.41 bits per heavy atom. The number of aryl methyl sites for hydroxylation is 2. The van der Waals surface area contributed by atoms with E-state index in [2.05, 4.69) is 15.5 Å². The van der Waals surface area contributed by atoms with Crippen molar-refractivity contribution in [3.8, 4) is 0 Å². The summed E-state index contributed by atoms with van der Waals surface area (Å²) in [7, 11) is 0. The van der Waals surface area contributed by atoms with E-state index in [9.17, 15) is 4.79 Å². The molecule has 1 aliphatic heterocycles. The van der Waals surface area contributed by atoms with Crippen molar-refractivity contribution in [1.82, 2.24) is 15.5 Å². The summed E-state index contributed by atoms with van der Waals surface area (Å²) in [5.74, 6) is 0.635. The van der Waals surface area contributed by atoms with Gasteiger partial charge < -0.3 is 19.5 Å². The molecule has 0 spiro atoms. The van der Waals surface area contributed by atoms with Gasteiger partial charge in [-0.1, -0.05) is 5.16 Å². The van der Waals surface area contributed by atoms with Crippen molar-refractivity contribution in [2.45, 2.75) is 20.4 Å². The number of hydrogen-bond acceptors (Lipinski definition) is 7.